The highest BCUT2D eigenvalue weighted by molar-refractivity contribution is 6.02. The highest BCUT2D eigenvalue weighted by Gasteiger charge is 2.24. The van der Waals surface area contributed by atoms with Gasteiger partial charge in [0.15, 0.2) is 0 Å². The molecule has 8 aromatic rings. The fourth-order valence-corrected chi connectivity index (χ4v) is 9.16. The Morgan fingerprint density at radius 3 is 0.898 bits per heavy atom. The van der Waals surface area contributed by atoms with Gasteiger partial charge in [0, 0.05) is 11.4 Å². The molecule has 2 fully saturated rings. The molecule has 0 unspecified atom stereocenters. The fourth-order valence-electron chi connectivity index (χ4n) is 9.16. The number of amides is 4. The summed E-state index contributed by atoms with van der Waals surface area (Å²) in [5.74, 6) is -1.63. The summed E-state index contributed by atoms with van der Waals surface area (Å²) in [6.45, 7) is 12.1. The molecule has 0 heterocycles. The number of hydroxylamine groups is 4. The topological polar surface area (TPSA) is 337 Å². The Morgan fingerprint density at radius 2 is 0.643 bits per heavy atom. The summed E-state index contributed by atoms with van der Waals surface area (Å²) in [6, 6.07) is 48.1. The van der Waals surface area contributed by atoms with Crippen LogP contribution in [-0.2, 0) is 19.4 Å². The second-order valence-corrected chi connectivity index (χ2v) is 23.0. The van der Waals surface area contributed by atoms with E-state index in [1.807, 2.05) is 70.2 Å². The molecule has 22 nitrogen and oxygen atoms in total. The first-order valence-electron chi connectivity index (χ1n) is 31.0. The number of nitriles is 4. The van der Waals surface area contributed by atoms with Gasteiger partial charge in [-0.2, -0.15) is 21.0 Å². The predicted molar refractivity (Wildman–Crippen MR) is 365 cm³/mol. The minimum absolute atomic E-state index is 0.00184. The van der Waals surface area contributed by atoms with Crippen LogP contribution in [0.1, 0.15) is 123 Å². The molecule has 2 saturated carbocycles. The van der Waals surface area contributed by atoms with E-state index >= 15 is 0 Å². The molecule has 0 aromatic heterocycles. The second kappa shape index (κ2) is 36.9. The molecule has 4 amide bonds. The molecule has 2 aliphatic carbocycles. The van der Waals surface area contributed by atoms with Crippen LogP contribution in [0, 0.1) is 110 Å². The summed E-state index contributed by atoms with van der Waals surface area (Å²) in [5.41, 5.74) is 22.0. The predicted octanol–water partition coefficient (Wildman–Crippen LogP) is 12.8. The van der Waals surface area contributed by atoms with Crippen LogP contribution in [0.25, 0.3) is 0 Å². The summed E-state index contributed by atoms with van der Waals surface area (Å²) in [5, 5.41) is 65.9. The summed E-state index contributed by atoms with van der Waals surface area (Å²) < 4.78 is 28.1. The summed E-state index contributed by atoms with van der Waals surface area (Å²) in [7, 11) is 0. The lowest BCUT2D eigenvalue weighted by atomic mass is 10.1. The minimum atomic E-state index is -0.581. The Labute approximate surface area is 566 Å². The molecular formula is C74H74F2N12O10. The average molecular weight is 1330 g/mol. The van der Waals surface area contributed by atoms with Crippen molar-refractivity contribution in [1.82, 2.24) is 21.9 Å². The number of rotatable bonds is 24. The van der Waals surface area contributed by atoms with Gasteiger partial charge in [-0.15, -0.1) is 0 Å². The molecule has 0 saturated heterocycles. The molecule has 10 N–H and O–H groups in total. The molecule has 0 spiro atoms. The maximum atomic E-state index is 14.1. The van der Waals surface area contributed by atoms with Crippen molar-refractivity contribution >= 4 is 69.1 Å². The van der Waals surface area contributed by atoms with Gasteiger partial charge in [-0.1, -0.05) is 47.5 Å². The molecule has 10 rings (SSSR count). The quantitative estimate of drug-likeness (QED) is 0.0198. The monoisotopic (exact) mass is 1330 g/mol. The van der Waals surface area contributed by atoms with Crippen LogP contribution in [0.2, 0.25) is 0 Å². The number of benzene rings is 8. The first kappa shape index (κ1) is 73.8. The number of nitrogens with one attached hydrogen (secondary N) is 8. The van der Waals surface area contributed by atoms with Crippen molar-refractivity contribution in [1.29, 1.82) is 21.0 Å². The summed E-state index contributed by atoms with van der Waals surface area (Å²) in [6.07, 6.45) is 4.55. The number of hydrogen-bond donors (Lipinski definition) is 10. The number of halogens is 2. The molecule has 2 aliphatic rings. The van der Waals surface area contributed by atoms with Gasteiger partial charge >= 0.3 is 0 Å². The molecule has 0 atom stereocenters. The van der Waals surface area contributed by atoms with Crippen molar-refractivity contribution in [3.8, 4) is 24.3 Å². The molecule has 24 heteroatoms. The van der Waals surface area contributed by atoms with Crippen molar-refractivity contribution in [3.05, 3.63) is 235 Å². The Balaban J connectivity index is 0.000000184. The van der Waals surface area contributed by atoms with Crippen molar-refractivity contribution < 1.29 is 57.5 Å². The van der Waals surface area contributed by atoms with E-state index in [1.165, 1.54) is 54.1 Å². The minimum Gasteiger partial charge on any atom is -0.394 e. The fraction of sp³-hybridized carbons (Fsp3) is 0.243. The van der Waals surface area contributed by atoms with Crippen molar-refractivity contribution in [2.45, 2.75) is 67.2 Å². The van der Waals surface area contributed by atoms with Crippen LogP contribution in [0.15, 0.2) is 146 Å². The van der Waals surface area contributed by atoms with Gasteiger partial charge in [0.1, 0.15) is 11.6 Å². The van der Waals surface area contributed by atoms with Crippen LogP contribution in [0.3, 0.4) is 0 Å². The third-order valence-electron chi connectivity index (χ3n) is 14.7. The number of aliphatic hydroxyl groups is 2. The lowest BCUT2D eigenvalue weighted by Gasteiger charge is -2.15. The van der Waals surface area contributed by atoms with Gasteiger partial charge in [0.25, 0.3) is 23.6 Å². The van der Waals surface area contributed by atoms with E-state index in [2.05, 4.69) is 61.4 Å². The number of aliphatic hydroxyl groups excluding tert-OH is 2. The largest absolute Gasteiger partial charge is 0.394 e. The number of carbonyl (C=O) groups is 4. The molecule has 8 aromatic carbocycles. The van der Waals surface area contributed by atoms with Crippen molar-refractivity contribution in [2.75, 3.05) is 60.9 Å². The SMILES string of the molecule is Cc1ccc(Nc2cc(C#N)ccc2C(=O)NOCC2CC2)c(C)c1.Cc1ccc(Nc2cc(C#N)ccc2C(=O)NOCC2CC2)c(F)c1.Cc1ccc(Nc2cc(C#N)ccc2C(=O)NOCCO)c(C)c1.Cc1ccc(Nc2cc(C#N)ccc2C(=O)NOCCO)c(F)c1. The van der Waals surface area contributed by atoms with E-state index in [0.29, 0.717) is 75.5 Å². The molecule has 0 aliphatic heterocycles. The molecule has 0 bridgehead atoms. The highest BCUT2D eigenvalue weighted by atomic mass is 19.1. The number of nitrogens with zero attached hydrogens (tertiary/aromatic N) is 4. The van der Waals surface area contributed by atoms with E-state index in [0.717, 1.165) is 64.9 Å². The van der Waals surface area contributed by atoms with Crippen molar-refractivity contribution in [2.24, 2.45) is 11.8 Å². The van der Waals surface area contributed by atoms with Crippen LogP contribution in [0.4, 0.5) is 54.3 Å². The standard InChI is InChI=1S/C20H21N3O2.C19H18FN3O2.C18H19N3O3.C17H16FN3O3/c1-13-3-8-18(14(2)9-13)22-19-10-16(11-21)6-7-17(19)20(24)23-25-12-15-4-5-15;1-12-2-7-17(16(20)8-12)22-18-9-14(10-21)5-6-15(18)19(24)23-25-11-13-3-4-13;1-12-3-6-16(13(2)9-12)20-17-10-14(11-19)4-5-15(17)18(23)21-24-8-7-22;1-11-2-5-15(14(18)8-11)20-16-9-12(10-19)3-4-13(16)17(23)21-24-7-6-22/h3,6-10,15,22H,4-5,12H2,1-2H3,(H,23,24);2,5-9,13,22H,3-4,11H2,1H3,(H,23,24);3-6,9-10,20,22H,7-8H2,1-2H3,(H,21,23);2-5,8-9,20,22H,6-7H2,1H3,(H,21,23). The van der Waals surface area contributed by atoms with Gasteiger partial charge in [0.05, 0.1) is 143 Å². The summed E-state index contributed by atoms with van der Waals surface area (Å²) in [4.78, 5) is 69.3. The number of carbonyl (C=O) groups excluding carboxylic acids is 4. The zero-order valence-electron chi connectivity index (χ0n) is 54.8. The Morgan fingerprint density at radius 1 is 0.378 bits per heavy atom. The smallest absolute Gasteiger partial charge is 0.276 e. The zero-order valence-corrected chi connectivity index (χ0v) is 54.8. The molecule has 0 radical (unpaired) electrons. The van der Waals surface area contributed by atoms with Crippen LogP contribution >= 0.6 is 0 Å². The third-order valence-corrected chi connectivity index (χ3v) is 14.7. The van der Waals surface area contributed by atoms with E-state index in [4.69, 9.17) is 50.6 Å². The molecule has 98 heavy (non-hydrogen) atoms. The van der Waals surface area contributed by atoms with Gasteiger partial charge in [-0.25, -0.2) is 30.7 Å². The van der Waals surface area contributed by atoms with Crippen molar-refractivity contribution in [3.63, 3.8) is 0 Å². The average Bonchev–Trinajstić information content (AvgIpc) is 1.65. The number of aryl methyl sites for hydroxylation is 6. The Kier molecular flexibility index (Phi) is 27.8. The number of anilines is 8. The first-order valence-corrected chi connectivity index (χ1v) is 31.0. The molecular weight excluding hydrogens is 1250 g/mol. The van der Waals surface area contributed by atoms with Crippen LogP contribution < -0.4 is 43.2 Å². The second-order valence-electron chi connectivity index (χ2n) is 23.0. The third kappa shape index (κ3) is 22.8. The normalized spacial score (nSPS) is 11.7. The zero-order chi connectivity index (χ0) is 70.7. The maximum Gasteiger partial charge on any atom is 0.276 e. The highest BCUT2D eigenvalue weighted by Crippen LogP contribution is 2.32. The lowest BCUT2D eigenvalue weighted by Crippen LogP contribution is -2.26. The summed E-state index contributed by atoms with van der Waals surface area (Å²) >= 11 is 0. The van der Waals surface area contributed by atoms with Gasteiger partial charge in [0.2, 0.25) is 0 Å². The maximum absolute atomic E-state index is 14.1. The number of hydrogen-bond acceptors (Lipinski definition) is 18. The van der Waals surface area contributed by atoms with Crippen LogP contribution in [-0.4, -0.2) is 73.5 Å². The first-order chi connectivity index (χ1) is 47.2. The van der Waals surface area contributed by atoms with Gasteiger partial charge < -0.3 is 31.5 Å². The van der Waals surface area contributed by atoms with Gasteiger partial charge in [-0.3, -0.25) is 38.5 Å². The molecule has 504 valence electrons. The van der Waals surface area contributed by atoms with E-state index in [9.17, 15) is 28.0 Å². The van der Waals surface area contributed by atoms with Crippen LogP contribution in [0.5, 0.6) is 0 Å². The van der Waals surface area contributed by atoms with E-state index in [1.54, 1.807) is 74.5 Å². The Hall–Kier alpha value is -11.6. The van der Waals surface area contributed by atoms with E-state index < -0.39 is 29.4 Å². The lowest BCUT2D eigenvalue weighted by molar-refractivity contribution is 0.0166. The van der Waals surface area contributed by atoms with E-state index in [-0.39, 0.29) is 60.5 Å². The Bertz CT molecular complexity index is 4070. The van der Waals surface area contributed by atoms with Gasteiger partial charge in [-0.05, 0) is 211 Å².